The number of amides is 1. The summed E-state index contributed by atoms with van der Waals surface area (Å²) in [6.07, 6.45) is 4.87. The number of nitrogens with zero attached hydrogens (tertiary/aromatic N) is 4. The third-order valence-corrected chi connectivity index (χ3v) is 7.12. The molecule has 1 aliphatic heterocycles. The zero-order valence-corrected chi connectivity index (χ0v) is 19.8. The molecule has 0 spiro atoms. The third kappa shape index (κ3) is 4.40. The molecule has 3 aromatic heterocycles. The van der Waals surface area contributed by atoms with Gasteiger partial charge >= 0.3 is 5.97 Å². The van der Waals surface area contributed by atoms with Crippen LogP contribution in [0.2, 0.25) is 0 Å². The van der Waals surface area contributed by atoms with Crippen LogP contribution in [-0.4, -0.2) is 51.2 Å². The Bertz CT molecular complexity index is 1150. The number of nitrogens with one attached hydrogen (secondary N) is 1. The van der Waals surface area contributed by atoms with Gasteiger partial charge < -0.3 is 10.1 Å². The van der Waals surface area contributed by atoms with Crippen LogP contribution in [-0.2, 0) is 18.3 Å². The second-order valence-corrected chi connectivity index (χ2v) is 9.23. The van der Waals surface area contributed by atoms with E-state index in [9.17, 15) is 9.59 Å². The predicted octanol–water partition coefficient (Wildman–Crippen LogP) is 4.14. The van der Waals surface area contributed by atoms with Crippen molar-refractivity contribution >= 4 is 39.1 Å². The summed E-state index contributed by atoms with van der Waals surface area (Å²) in [5, 5.41) is 7.86. The van der Waals surface area contributed by atoms with Crippen molar-refractivity contribution < 1.29 is 14.3 Å². The van der Waals surface area contributed by atoms with Crippen molar-refractivity contribution in [2.45, 2.75) is 52.1 Å². The zero-order valence-electron chi connectivity index (χ0n) is 19.0. The summed E-state index contributed by atoms with van der Waals surface area (Å²) in [7, 11) is 3.05. The average molecular weight is 456 g/mol. The molecule has 9 heteroatoms. The minimum absolute atomic E-state index is 0.332. The Kier molecular flexibility index (Phi) is 6.57. The van der Waals surface area contributed by atoms with Gasteiger partial charge in [0.05, 0.1) is 24.2 Å². The molecule has 32 heavy (non-hydrogen) atoms. The van der Waals surface area contributed by atoms with Gasteiger partial charge in [-0.15, -0.1) is 11.3 Å². The lowest BCUT2D eigenvalue weighted by atomic mass is 10.00. The highest BCUT2D eigenvalue weighted by molar-refractivity contribution is 7.21. The first-order valence-corrected chi connectivity index (χ1v) is 11.8. The van der Waals surface area contributed by atoms with Crippen molar-refractivity contribution in [3.05, 3.63) is 40.2 Å². The van der Waals surface area contributed by atoms with Crippen molar-refractivity contribution in [2.24, 2.45) is 7.05 Å². The lowest BCUT2D eigenvalue weighted by molar-refractivity contribution is 0.0607. The summed E-state index contributed by atoms with van der Waals surface area (Å²) in [6, 6.07) is 6.23. The van der Waals surface area contributed by atoms with Crippen molar-refractivity contribution in [3.63, 3.8) is 0 Å². The molecule has 170 valence electrons. The van der Waals surface area contributed by atoms with E-state index < -0.39 is 5.97 Å². The molecule has 1 aliphatic rings. The number of rotatable bonds is 6. The largest absolute Gasteiger partial charge is 0.465 e. The van der Waals surface area contributed by atoms with E-state index in [0.717, 1.165) is 36.3 Å². The smallest absolute Gasteiger partial charge is 0.350 e. The number of pyridine rings is 1. The number of carbonyl (C=O) groups is 2. The van der Waals surface area contributed by atoms with E-state index in [0.29, 0.717) is 27.1 Å². The number of esters is 1. The summed E-state index contributed by atoms with van der Waals surface area (Å²) in [6.45, 7) is 5.94. The maximum Gasteiger partial charge on any atom is 0.350 e. The molecule has 0 radical (unpaired) electrons. The molecule has 1 atom stereocenters. The third-order valence-electron chi connectivity index (χ3n) is 6.04. The first-order valence-electron chi connectivity index (χ1n) is 11.0. The molecule has 1 saturated heterocycles. The molecule has 8 nitrogen and oxygen atoms in total. The number of piperidine rings is 1. The zero-order chi connectivity index (χ0) is 22.8. The molecular formula is C23H29N5O3S. The van der Waals surface area contributed by atoms with Crippen molar-refractivity contribution in [3.8, 4) is 0 Å². The Morgan fingerprint density at radius 3 is 2.81 bits per heavy atom. The standard InChI is InChI=1S/C23H29N5O3S/c1-5-16-8-6-7-11-28(16)13-15-9-10-17-19(20(23(30)31-4)32-22(17)24-15)25-21(29)18-12-14(2)26-27(18)3/h9-10,12,16H,5-8,11,13H2,1-4H3,(H,25,29). The number of methoxy groups -OCH3 is 1. The van der Waals surface area contributed by atoms with Crippen LogP contribution in [0.15, 0.2) is 18.2 Å². The highest BCUT2D eigenvalue weighted by Gasteiger charge is 2.25. The average Bonchev–Trinajstić information content (AvgIpc) is 3.32. The molecular weight excluding hydrogens is 426 g/mol. The van der Waals surface area contributed by atoms with Crippen molar-refractivity contribution in [2.75, 3.05) is 19.0 Å². The number of aryl methyl sites for hydroxylation is 2. The normalized spacial score (nSPS) is 16.9. The summed E-state index contributed by atoms with van der Waals surface area (Å²) < 4.78 is 6.49. The molecule has 3 aromatic rings. The summed E-state index contributed by atoms with van der Waals surface area (Å²) >= 11 is 1.24. The van der Waals surface area contributed by atoms with Crippen LogP contribution in [0.1, 0.15) is 64.2 Å². The van der Waals surface area contributed by atoms with Crippen molar-refractivity contribution in [1.82, 2.24) is 19.7 Å². The Morgan fingerprint density at radius 1 is 1.31 bits per heavy atom. The quantitative estimate of drug-likeness (QED) is 0.562. The van der Waals surface area contributed by atoms with E-state index in [2.05, 4.69) is 22.2 Å². The van der Waals surface area contributed by atoms with E-state index in [1.54, 1.807) is 13.1 Å². The van der Waals surface area contributed by atoms with Gasteiger partial charge in [0.2, 0.25) is 0 Å². The summed E-state index contributed by atoms with van der Waals surface area (Å²) in [5.74, 6) is -0.825. The van der Waals surface area contributed by atoms with Gasteiger partial charge in [-0.3, -0.25) is 14.4 Å². The number of carbonyl (C=O) groups excluding carboxylic acids is 2. The fourth-order valence-corrected chi connectivity index (χ4v) is 5.47. The summed E-state index contributed by atoms with van der Waals surface area (Å²) in [5.41, 5.74) is 2.56. The van der Waals surface area contributed by atoms with Gasteiger partial charge in [0.25, 0.3) is 5.91 Å². The molecule has 4 rings (SSSR count). The first kappa shape index (κ1) is 22.4. The van der Waals surface area contributed by atoms with Crippen LogP contribution in [0.25, 0.3) is 10.2 Å². The Balaban J connectivity index is 1.66. The van der Waals surface area contributed by atoms with Crippen LogP contribution < -0.4 is 5.32 Å². The van der Waals surface area contributed by atoms with Gasteiger partial charge in [0.1, 0.15) is 15.4 Å². The molecule has 0 bridgehead atoms. The molecule has 1 fully saturated rings. The minimum atomic E-state index is -0.492. The number of fused-ring (bicyclic) bond motifs is 1. The van der Waals surface area contributed by atoms with E-state index >= 15 is 0 Å². The van der Waals surface area contributed by atoms with Crippen LogP contribution in [0.3, 0.4) is 0 Å². The second kappa shape index (κ2) is 9.38. The monoisotopic (exact) mass is 455 g/mol. The molecule has 0 aliphatic carbocycles. The number of hydrogen-bond acceptors (Lipinski definition) is 7. The van der Waals surface area contributed by atoms with Crippen LogP contribution >= 0.6 is 11.3 Å². The molecule has 1 N–H and O–H groups in total. The van der Waals surface area contributed by atoms with Crippen LogP contribution in [0.4, 0.5) is 5.69 Å². The van der Waals surface area contributed by atoms with Gasteiger partial charge in [-0.05, 0) is 50.9 Å². The number of likely N-dealkylation sites (tertiary alicyclic amines) is 1. The van der Waals surface area contributed by atoms with Gasteiger partial charge in [-0.2, -0.15) is 5.10 Å². The van der Waals surface area contributed by atoms with E-state index in [-0.39, 0.29) is 5.91 Å². The minimum Gasteiger partial charge on any atom is -0.465 e. The number of ether oxygens (including phenoxy) is 1. The number of aromatic nitrogens is 3. The molecule has 1 unspecified atom stereocenters. The van der Waals surface area contributed by atoms with E-state index in [1.807, 2.05) is 19.1 Å². The van der Waals surface area contributed by atoms with E-state index in [4.69, 9.17) is 9.72 Å². The highest BCUT2D eigenvalue weighted by Crippen LogP contribution is 2.36. The van der Waals surface area contributed by atoms with Gasteiger partial charge in [-0.1, -0.05) is 13.3 Å². The summed E-state index contributed by atoms with van der Waals surface area (Å²) in [4.78, 5) is 33.8. The van der Waals surface area contributed by atoms with Gasteiger partial charge in [0.15, 0.2) is 0 Å². The molecule has 1 amide bonds. The fraction of sp³-hybridized carbons (Fsp3) is 0.478. The Morgan fingerprint density at radius 2 is 2.12 bits per heavy atom. The highest BCUT2D eigenvalue weighted by atomic mass is 32.1. The maximum absolute atomic E-state index is 12.9. The number of hydrogen-bond donors (Lipinski definition) is 1. The van der Waals surface area contributed by atoms with Gasteiger partial charge in [-0.25, -0.2) is 9.78 Å². The van der Waals surface area contributed by atoms with Gasteiger partial charge in [0, 0.05) is 25.0 Å². The maximum atomic E-state index is 12.9. The predicted molar refractivity (Wildman–Crippen MR) is 125 cm³/mol. The molecule has 0 saturated carbocycles. The number of thiophene rings is 1. The van der Waals surface area contributed by atoms with Crippen LogP contribution in [0, 0.1) is 6.92 Å². The van der Waals surface area contributed by atoms with E-state index in [1.165, 1.54) is 42.4 Å². The van der Waals surface area contributed by atoms with Crippen LogP contribution in [0.5, 0.6) is 0 Å². The number of anilines is 1. The molecule has 0 aromatic carbocycles. The SMILES string of the molecule is CCC1CCCCN1Cc1ccc2c(NC(=O)c3cc(C)nn3C)c(C(=O)OC)sc2n1. The lowest BCUT2D eigenvalue weighted by Crippen LogP contribution is -2.38. The lowest BCUT2D eigenvalue weighted by Gasteiger charge is -2.34. The van der Waals surface area contributed by atoms with Crippen molar-refractivity contribution in [1.29, 1.82) is 0 Å². The first-order chi connectivity index (χ1) is 15.4. The fourth-order valence-electron chi connectivity index (χ4n) is 4.40. The molecule has 4 heterocycles. The Labute approximate surface area is 191 Å². The topological polar surface area (TPSA) is 89.4 Å². The second-order valence-electron chi connectivity index (χ2n) is 8.23. The Hall–Kier alpha value is -2.78.